The summed E-state index contributed by atoms with van der Waals surface area (Å²) in [5.41, 5.74) is 6.13. The summed E-state index contributed by atoms with van der Waals surface area (Å²) in [5, 5.41) is 12.4. The summed E-state index contributed by atoms with van der Waals surface area (Å²) in [6, 6.07) is 9.84. The lowest BCUT2D eigenvalue weighted by molar-refractivity contribution is -0.136. The van der Waals surface area contributed by atoms with Crippen LogP contribution in [0.25, 0.3) is 0 Å². The van der Waals surface area contributed by atoms with Crippen LogP contribution in [0.1, 0.15) is 37.8 Å². The van der Waals surface area contributed by atoms with Crippen molar-refractivity contribution in [3.8, 4) is 6.07 Å². The fourth-order valence-electron chi connectivity index (χ4n) is 3.90. The third-order valence-corrected chi connectivity index (χ3v) is 5.80. The highest BCUT2D eigenvalue weighted by Crippen LogP contribution is 2.45. The summed E-state index contributed by atoms with van der Waals surface area (Å²) >= 11 is 0. The van der Waals surface area contributed by atoms with E-state index in [0.717, 1.165) is 12.1 Å². The van der Waals surface area contributed by atoms with Gasteiger partial charge in [-0.15, -0.1) is 0 Å². The average molecular weight is 354 g/mol. The first-order valence-corrected chi connectivity index (χ1v) is 9.18. The largest absolute Gasteiger partial charge is 0.369 e. The van der Waals surface area contributed by atoms with Crippen molar-refractivity contribution < 1.29 is 9.59 Å². The van der Waals surface area contributed by atoms with Crippen LogP contribution in [0.4, 0.5) is 0 Å². The fraction of sp³-hybridized carbons (Fsp3) is 0.550. The van der Waals surface area contributed by atoms with Crippen molar-refractivity contribution in [2.75, 3.05) is 13.1 Å². The molecule has 2 fully saturated rings. The first-order chi connectivity index (χ1) is 12.4. The van der Waals surface area contributed by atoms with E-state index in [-0.39, 0.29) is 11.9 Å². The molecule has 0 radical (unpaired) electrons. The molecular formula is C20H26N4O2. The van der Waals surface area contributed by atoms with Gasteiger partial charge < -0.3 is 11.1 Å². The first kappa shape index (κ1) is 18.4. The molecule has 1 saturated heterocycles. The molecule has 0 aromatic heterocycles. The van der Waals surface area contributed by atoms with Crippen molar-refractivity contribution in [3.63, 3.8) is 0 Å². The van der Waals surface area contributed by atoms with Gasteiger partial charge in [0.25, 0.3) is 0 Å². The molecule has 26 heavy (non-hydrogen) atoms. The molecule has 138 valence electrons. The first-order valence-electron chi connectivity index (χ1n) is 9.18. The zero-order chi connectivity index (χ0) is 18.9. The predicted molar refractivity (Wildman–Crippen MR) is 97.6 cm³/mol. The molecule has 1 aliphatic carbocycles. The van der Waals surface area contributed by atoms with Gasteiger partial charge >= 0.3 is 0 Å². The minimum Gasteiger partial charge on any atom is -0.369 e. The van der Waals surface area contributed by atoms with Crippen molar-refractivity contribution in [1.29, 1.82) is 5.26 Å². The van der Waals surface area contributed by atoms with Crippen LogP contribution in [0.3, 0.4) is 0 Å². The molecule has 0 unspecified atom stereocenters. The molecular weight excluding hydrogens is 328 g/mol. The number of likely N-dealkylation sites (tertiary alicyclic amines) is 1. The molecule has 1 heterocycles. The Bertz CT molecular complexity index is 748. The summed E-state index contributed by atoms with van der Waals surface area (Å²) in [5.74, 6) is -0.0362. The lowest BCUT2D eigenvalue weighted by Crippen LogP contribution is -2.48. The van der Waals surface area contributed by atoms with Gasteiger partial charge in [-0.25, -0.2) is 0 Å². The van der Waals surface area contributed by atoms with Gasteiger partial charge in [0.2, 0.25) is 11.8 Å². The number of rotatable bonds is 6. The molecule has 0 spiro atoms. The molecule has 1 aliphatic heterocycles. The zero-order valence-electron chi connectivity index (χ0n) is 15.4. The molecule has 1 aromatic rings. The summed E-state index contributed by atoms with van der Waals surface area (Å²) in [4.78, 5) is 26.5. The van der Waals surface area contributed by atoms with Gasteiger partial charge in [-0.05, 0) is 36.3 Å². The highest BCUT2D eigenvalue weighted by molar-refractivity contribution is 6.07. The molecule has 2 atom stereocenters. The minimum atomic E-state index is -0.984. The number of benzene rings is 1. The SMILES string of the molecule is CC(C)[C@@H]1CN(Cc2ccccc2C#N)C[C@H]1NC(=O)C1(C(N)=O)CC1. The van der Waals surface area contributed by atoms with Crippen molar-refractivity contribution in [1.82, 2.24) is 10.2 Å². The van der Waals surface area contributed by atoms with Gasteiger partial charge in [0.05, 0.1) is 11.6 Å². The van der Waals surface area contributed by atoms with Crippen LogP contribution in [0, 0.1) is 28.6 Å². The standard InChI is InChI=1S/C20H26N4O2/c1-13(2)16-11-24(10-15-6-4-3-5-14(15)9-21)12-17(16)23-19(26)20(7-8-20)18(22)25/h3-6,13,16-17H,7-8,10-12H2,1-2H3,(H2,22,25)(H,23,26)/t16-,17+/m0/s1. The summed E-state index contributed by atoms with van der Waals surface area (Å²) in [7, 11) is 0. The van der Waals surface area contributed by atoms with Crippen LogP contribution in [0.2, 0.25) is 0 Å². The third-order valence-electron chi connectivity index (χ3n) is 5.80. The molecule has 1 saturated carbocycles. The van der Waals surface area contributed by atoms with E-state index in [1.807, 2.05) is 24.3 Å². The highest BCUT2D eigenvalue weighted by atomic mass is 16.2. The van der Waals surface area contributed by atoms with Crippen LogP contribution in [0.15, 0.2) is 24.3 Å². The zero-order valence-corrected chi connectivity index (χ0v) is 15.4. The van der Waals surface area contributed by atoms with Gasteiger partial charge in [-0.3, -0.25) is 14.5 Å². The maximum atomic E-state index is 12.6. The minimum absolute atomic E-state index is 0.00595. The second-order valence-electron chi connectivity index (χ2n) is 7.90. The number of amides is 2. The number of hydrogen-bond donors (Lipinski definition) is 2. The topological polar surface area (TPSA) is 99.2 Å². The van der Waals surface area contributed by atoms with Crippen molar-refractivity contribution in [3.05, 3.63) is 35.4 Å². The van der Waals surface area contributed by atoms with E-state index in [1.165, 1.54) is 0 Å². The van der Waals surface area contributed by atoms with Gasteiger partial charge in [-0.2, -0.15) is 5.26 Å². The molecule has 6 heteroatoms. The number of carbonyl (C=O) groups excluding carboxylic acids is 2. The summed E-state index contributed by atoms with van der Waals surface area (Å²) in [6.07, 6.45) is 1.10. The van der Waals surface area contributed by atoms with Crippen molar-refractivity contribution >= 4 is 11.8 Å². The Hall–Kier alpha value is -2.39. The number of carbonyl (C=O) groups is 2. The highest BCUT2D eigenvalue weighted by Gasteiger charge is 2.56. The number of nitrogens with one attached hydrogen (secondary N) is 1. The van der Waals surface area contributed by atoms with Crippen LogP contribution in [-0.4, -0.2) is 35.8 Å². The number of nitrogens with two attached hydrogens (primary N) is 1. The van der Waals surface area contributed by atoms with E-state index in [9.17, 15) is 14.9 Å². The molecule has 2 amide bonds. The van der Waals surface area contributed by atoms with Crippen LogP contribution in [-0.2, 0) is 16.1 Å². The Labute approximate surface area is 154 Å². The average Bonchev–Trinajstić information content (AvgIpc) is 3.33. The monoisotopic (exact) mass is 354 g/mol. The van der Waals surface area contributed by atoms with E-state index in [1.54, 1.807) is 0 Å². The molecule has 2 aliphatic rings. The van der Waals surface area contributed by atoms with Gasteiger partial charge in [-0.1, -0.05) is 32.0 Å². The Balaban J connectivity index is 1.70. The maximum absolute atomic E-state index is 12.6. The lowest BCUT2D eigenvalue weighted by atomic mass is 9.90. The van der Waals surface area contributed by atoms with Crippen LogP contribution in [0.5, 0.6) is 0 Å². The third kappa shape index (κ3) is 3.45. The molecule has 0 bridgehead atoms. The molecule has 6 nitrogen and oxygen atoms in total. The molecule has 3 rings (SSSR count). The van der Waals surface area contributed by atoms with Crippen LogP contribution >= 0.6 is 0 Å². The van der Waals surface area contributed by atoms with Crippen LogP contribution < -0.4 is 11.1 Å². The van der Waals surface area contributed by atoms with E-state index in [0.29, 0.717) is 43.3 Å². The van der Waals surface area contributed by atoms with E-state index >= 15 is 0 Å². The number of nitriles is 1. The summed E-state index contributed by atoms with van der Waals surface area (Å²) in [6.45, 7) is 6.55. The fourth-order valence-corrected chi connectivity index (χ4v) is 3.90. The second kappa shape index (κ2) is 7.08. The Morgan fingerprint density at radius 1 is 1.35 bits per heavy atom. The summed E-state index contributed by atoms with van der Waals surface area (Å²) < 4.78 is 0. The van der Waals surface area contributed by atoms with Gasteiger partial charge in [0.15, 0.2) is 0 Å². The normalized spacial score (nSPS) is 24.2. The smallest absolute Gasteiger partial charge is 0.235 e. The van der Waals surface area contributed by atoms with E-state index in [2.05, 4.69) is 30.1 Å². The number of hydrogen-bond acceptors (Lipinski definition) is 4. The quantitative estimate of drug-likeness (QED) is 0.754. The Morgan fingerprint density at radius 3 is 2.62 bits per heavy atom. The second-order valence-corrected chi connectivity index (χ2v) is 7.90. The van der Waals surface area contributed by atoms with Gasteiger partial charge in [0, 0.05) is 25.7 Å². The van der Waals surface area contributed by atoms with Crippen molar-refractivity contribution in [2.24, 2.45) is 23.0 Å². The molecule has 3 N–H and O–H groups in total. The Morgan fingerprint density at radius 2 is 2.04 bits per heavy atom. The predicted octanol–water partition coefficient (Wildman–Crippen LogP) is 1.40. The Kier molecular flexibility index (Phi) is 5.01. The number of nitrogens with zero attached hydrogens (tertiary/aromatic N) is 2. The van der Waals surface area contributed by atoms with E-state index < -0.39 is 11.3 Å². The lowest BCUT2D eigenvalue weighted by Gasteiger charge is -2.24. The van der Waals surface area contributed by atoms with Crippen molar-refractivity contribution in [2.45, 2.75) is 39.3 Å². The maximum Gasteiger partial charge on any atom is 0.235 e. The van der Waals surface area contributed by atoms with E-state index in [4.69, 9.17) is 5.73 Å². The van der Waals surface area contributed by atoms with Gasteiger partial charge in [0.1, 0.15) is 5.41 Å². The number of primary amides is 1. The molecule has 1 aromatic carbocycles.